The lowest BCUT2D eigenvalue weighted by molar-refractivity contribution is -0.127. The summed E-state index contributed by atoms with van der Waals surface area (Å²) in [5, 5.41) is 8.40. The largest absolute Gasteiger partial charge is 0.435 e. The molecule has 0 atom stereocenters. The molecule has 0 aliphatic heterocycles. The van der Waals surface area contributed by atoms with Crippen molar-refractivity contribution in [3.05, 3.63) is 58.6 Å². The molecule has 0 aliphatic carbocycles. The van der Waals surface area contributed by atoms with Crippen molar-refractivity contribution in [2.75, 3.05) is 18.6 Å². The van der Waals surface area contributed by atoms with Crippen molar-refractivity contribution in [1.29, 1.82) is 0 Å². The van der Waals surface area contributed by atoms with Crippen molar-refractivity contribution in [2.24, 2.45) is 0 Å². The molecule has 0 saturated heterocycles. The van der Waals surface area contributed by atoms with E-state index in [0.717, 1.165) is 10.0 Å². The molecule has 0 unspecified atom stereocenters. The number of carbonyl (C=O) groups excluding carboxylic acids is 1. The van der Waals surface area contributed by atoms with Gasteiger partial charge in [-0.15, -0.1) is 10.2 Å². The lowest BCUT2D eigenvalue weighted by Crippen LogP contribution is -2.28. The predicted molar refractivity (Wildman–Crippen MR) is 114 cm³/mol. The molecule has 0 fully saturated rings. The minimum absolute atomic E-state index is 0.0332. The van der Waals surface area contributed by atoms with Crippen LogP contribution in [0.4, 0.5) is 8.78 Å². The Morgan fingerprint density at radius 1 is 1.20 bits per heavy atom. The van der Waals surface area contributed by atoms with Crippen molar-refractivity contribution in [3.63, 3.8) is 0 Å². The van der Waals surface area contributed by atoms with Crippen molar-refractivity contribution < 1.29 is 18.3 Å². The topological polar surface area (TPSA) is 86.3 Å². The van der Waals surface area contributed by atoms with E-state index in [-0.39, 0.29) is 17.4 Å². The van der Waals surface area contributed by atoms with Gasteiger partial charge in [0.15, 0.2) is 5.82 Å². The molecule has 0 radical (unpaired) electrons. The molecule has 2 N–H and O–H groups in total. The number of nitrogens with zero attached hydrogens (tertiary/aromatic N) is 4. The van der Waals surface area contributed by atoms with E-state index in [1.165, 1.54) is 28.6 Å². The Morgan fingerprint density at radius 3 is 2.50 bits per heavy atom. The molecule has 0 saturated carbocycles. The Kier molecular flexibility index (Phi) is 7.27. The molecule has 11 heteroatoms. The van der Waals surface area contributed by atoms with Gasteiger partial charge in [0.2, 0.25) is 11.1 Å². The SMILES string of the molecule is CN(Cc1ccc(Br)cc1)C(=O)CSc1nnc(-c2ccc(OC(F)F)cc2)n1N. The van der Waals surface area contributed by atoms with Crippen molar-refractivity contribution >= 4 is 33.6 Å². The number of alkyl halides is 2. The standard InChI is InChI=1S/C19H18BrF2N5O2S/c1-26(10-12-2-6-14(20)7-3-12)16(28)11-30-19-25-24-17(27(19)23)13-4-8-15(9-5-13)29-18(21)22/h2-9,18H,10-11,23H2,1H3. The molecule has 30 heavy (non-hydrogen) atoms. The molecule has 1 amide bonds. The zero-order valence-electron chi connectivity index (χ0n) is 15.8. The van der Waals surface area contributed by atoms with Gasteiger partial charge >= 0.3 is 6.61 Å². The van der Waals surface area contributed by atoms with Crippen LogP contribution >= 0.6 is 27.7 Å². The van der Waals surface area contributed by atoms with E-state index in [4.69, 9.17) is 5.84 Å². The molecule has 0 aliphatic rings. The number of thioether (sulfide) groups is 1. The van der Waals surface area contributed by atoms with E-state index >= 15 is 0 Å². The zero-order valence-corrected chi connectivity index (χ0v) is 18.2. The van der Waals surface area contributed by atoms with Gasteiger partial charge in [-0.25, -0.2) is 4.68 Å². The van der Waals surface area contributed by atoms with Gasteiger partial charge in [-0.2, -0.15) is 8.78 Å². The number of nitrogen functional groups attached to an aromatic ring is 1. The van der Waals surface area contributed by atoms with Gasteiger partial charge in [0.25, 0.3) is 0 Å². The number of nitrogens with two attached hydrogens (primary N) is 1. The fraction of sp³-hybridized carbons (Fsp3) is 0.211. The maximum atomic E-state index is 12.4. The molecular weight excluding hydrogens is 480 g/mol. The third-order valence-corrected chi connectivity index (χ3v) is 5.54. The van der Waals surface area contributed by atoms with E-state index in [9.17, 15) is 13.6 Å². The number of halogens is 3. The second-order valence-electron chi connectivity index (χ2n) is 6.24. The van der Waals surface area contributed by atoms with Crippen LogP contribution in [0.3, 0.4) is 0 Å². The van der Waals surface area contributed by atoms with Crippen LogP contribution in [0.15, 0.2) is 58.2 Å². The highest BCUT2D eigenvalue weighted by atomic mass is 79.9. The number of carbonyl (C=O) groups is 1. The van der Waals surface area contributed by atoms with Gasteiger partial charge in [-0.3, -0.25) is 4.79 Å². The number of benzene rings is 2. The molecule has 3 rings (SSSR count). The van der Waals surface area contributed by atoms with Crippen molar-refractivity contribution in [2.45, 2.75) is 18.3 Å². The Balaban J connectivity index is 1.59. The number of aromatic nitrogens is 3. The highest BCUT2D eigenvalue weighted by Crippen LogP contribution is 2.24. The van der Waals surface area contributed by atoms with E-state index in [2.05, 4.69) is 30.9 Å². The third-order valence-electron chi connectivity index (χ3n) is 4.09. The number of hydrogen-bond donors (Lipinski definition) is 1. The first kappa shape index (κ1) is 22.0. The smallest absolute Gasteiger partial charge is 0.387 e. The Hall–Kier alpha value is -2.66. The van der Waals surface area contributed by atoms with Gasteiger partial charge in [0.05, 0.1) is 5.75 Å². The van der Waals surface area contributed by atoms with Gasteiger partial charge in [-0.1, -0.05) is 39.8 Å². The summed E-state index contributed by atoms with van der Waals surface area (Å²) < 4.78 is 31.1. The van der Waals surface area contributed by atoms with E-state index in [0.29, 0.717) is 23.1 Å². The molecule has 7 nitrogen and oxygen atoms in total. The molecule has 1 aromatic heterocycles. The maximum absolute atomic E-state index is 12.4. The summed E-state index contributed by atoms with van der Waals surface area (Å²) in [6, 6.07) is 13.6. The van der Waals surface area contributed by atoms with Gasteiger partial charge < -0.3 is 15.5 Å². The number of hydrogen-bond acceptors (Lipinski definition) is 6. The second kappa shape index (κ2) is 9.90. The fourth-order valence-corrected chi connectivity index (χ4v) is 3.61. The Bertz CT molecular complexity index is 999. The van der Waals surface area contributed by atoms with Gasteiger partial charge in [0.1, 0.15) is 5.75 Å². The molecule has 1 heterocycles. The summed E-state index contributed by atoms with van der Waals surface area (Å²) in [4.78, 5) is 14.0. The fourth-order valence-electron chi connectivity index (χ4n) is 2.55. The van der Waals surface area contributed by atoms with Crippen molar-refractivity contribution in [3.8, 4) is 17.1 Å². The van der Waals surface area contributed by atoms with Crippen LogP contribution in [0.2, 0.25) is 0 Å². The van der Waals surface area contributed by atoms with E-state index in [1.807, 2.05) is 24.3 Å². The first-order valence-corrected chi connectivity index (χ1v) is 10.5. The van der Waals surface area contributed by atoms with E-state index < -0.39 is 6.61 Å². The second-order valence-corrected chi connectivity index (χ2v) is 8.10. The normalized spacial score (nSPS) is 11.0. The number of rotatable bonds is 8. The lowest BCUT2D eigenvalue weighted by Gasteiger charge is -2.17. The van der Waals surface area contributed by atoms with Crippen LogP contribution in [0.25, 0.3) is 11.4 Å². The minimum Gasteiger partial charge on any atom is -0.435 e. The summed E-state index contributed by atoms with van der Waals surface area (Å²) in [5.41, 5.74) is 1.60. The highest BCUT2D eigenvalue weighted by molar-refractivity contribution is 9.10. The molecule has 0 bridgehead atoms. The molecule has 2 aromatic carbocycles. The Labute approximate surface area is 184 Å². The third kappa shape index (κ3) is 5.70. The number of ether oxygens (including phenoxy) is 1. The predicted octanol–water partition coefficient (Wildman–Crippen LogP) is 3.77. The average molecular weight is 498 g/mol. The van der Waals surface area contributed by atoms with E-state index in [1.54, 1.807) is 24.1 Å². The summed E-state index contributed by atoms with van der Waals surface area (Å²) >= 11 is 4.55. The molecule has 3 aromatic rings. The lowest BCUT2D eigenvalue weighted by atomic mass is 10.2. The molecule has 0 spiro atoms. The van der Waals surface area contributed by atoms with Gasteiger partial charge in [-0.05, 0) is 42.0 Å². The van der Waals surface area contributed by atoms with Gasteiger partial charge in [0, 0.05) is 23.6 Å². The van der Waals surface area contributed by atoms with Crippen LogP contribution in [-0.2, 0) is 11.3 Å². The van der Waals surface area contributed by atoms with Crippen LogP contribution in [-0.4, -0.2) is 45.1 Å². The Morgan fingerprint density at radius 2 is 1.87 bits per heavy atom. The molecular formula is C19H18BrF2N5O2S. The maximum Gasteiger partial charge on any atom is 0.387 e. The number of amides is 1. The summed E-state index contributed by atoms with van der Waals surface area (Å²) in [6.07, 6.45) is 0. The minimum atomic E-state index is -2.89. The van der Waals surface area contributed by atoms with Crippen LogP contribution in [0, 0.1) is 0 Å². The first-order valence-electron chi connectivity index (χ1n) is 8.70. The van der Waals surface area contributed by atoms with Crippen LogP contribution in [0.1, 0.15) is 5.56 Å². The summed E-state index contributed by atoms with van der Waals surface area (Å²) in [7, 11) is 1.73. The van der Waals surface area contributed by atoms with Crippen LogP contribution < -0.4 is 10.6 Å². The van der Waals surface area contributed by atoms with Crippen molar-refractivity contribution in [1.82, 2.24) is 19.8 Å². The van der Waals surface area contributed by atoms with Crippen LogP contribution in [0.5, 0.6) is 5.75 Å². The highest BCUT2D eigenvalue weighted by Gasteiger charge is 2.16. The summed E-state index contributed by atoms with van der Waals surface area (Å²) in [6.45, 7) is -2.41. The zero-order chi connectivity index (χ0) is 21.7. The quantitative estimate of drug-likeness (QED) is 0.376. The summed E-state index contributed by atoms with van der Waals surface area (Å²) in [5.74, 6) is 6.48. The first-order chi connectivity index (χ1) is 14.3. The monoisotopic (exact) mass is 497 g/mol. The average Bonchev–Trinajstić information content (AvgIpc) is 3.08. The molecule has 158 valence electrons.